The van der Waals surface area contributed by atoms with Crippen LogP contribution in [0, 0.1) is 0 Å². The smallest absolute Gasteiger partial charge is 0.187 e. The molecular formula is C11H19N3O3S2. The number of rotatable bonds is 5. The van der Waals surface area contributed by atoms with Gasteiger partial charge in [0.15, 0.2) is 15.7 Å². The van der Waals surface area contributed by atoms with Crippen molar-refractivity contribution < 1.29 is 13.5 Å². The average molecular weight is 305 g/mol. The molecule has 0 aliphatic heterocycles. The van der Waals surface area contributed by atoms with Gasteiger partial charge in [-0.15, -0.1) is 0 Å². The van der Waals surface area contributed by atoms with Gasteiger partial charge in [-0.2, -0.15) is 4.37 Å². The summed E-state index contributed by atoms with van der Waals surface area (Å²) in [7, 11) is -1.65. The Hall–Kier alpha value is -0.860. The zero-order valence-corrected chi connectivity index (χ0v) is 12.9. The molecule has 0 bridgehead atoms. The third kappa shape index (κ3) is 3.01. The number of nitrogens with zero attached hydrogens (tertiary/aromatic N) is 2. The SMILES string of the molecule is CN(CC(C)(C)O)c1snc(N)c1S(=O)(=O)C1CC1. The summed E-state index contributed by atoms with van der Waals surface area (Å²) in [5.74, 6) is 0.0643. The van der Waals surface area contributed by atoms with Gasteiger partial charge in [0.1, 0.15) is 9.90 Å². The lowest BCUT2D eigenvalue weighted by atomic mass is 10.1. The molecule has 108 valence electrons. The predicted octanol–water partition coefficient (Wildman–Crippen LogP) is 0.869. The highest BCUT2D eigenvalue weighted by Crippen LogP contribution is 2.42. The molecule has 0 radical (unpaired) electrons. The van der Waals surface area contributed by atoms with Crippen molar-refractivity contribution in [3.05, 3.63) is 0 Å². The second-order valence-corrected chi connectivity index (χ2v) is 8.53. The fraction of sp³-hybridized carbons (Fsp3) is 0.727. The Balaban J connectivity index is 2.38. The van der Waals surface area contributed by atoms with E-state index in [-0.39, 0.29) is 16.0 Å². The molecule has 3 N–H and O–H groups in total. The summed E-state index contributed by atoms with van der Waals surface area (Å²) in [6.45, 7) is 3.65. The summed E-state index contributed by atoms with van der Waals surface area (Å²) in [4.78, 5) is 1.83. The fourth-order valence-corrected chi connectivity index (χ4v) is 5.00. The minimum absolute atomic E-state index is 0.0643. The van der Waals surface area contributed by atoms with Gasteiger partial charge in [-0.25, -0.2) is 8.42 Å². The van der Waals surface area contributed by atoms with E-state index in [9.17, 15) is 13.5 Å². The molecule has 0 spiro atoms. The Labute approximate surface area is 117 Å². The largest absolute Gasteiger partial charge is 0.389 e. The van der Waals surface area contributed by atoms with Crippen molar-refractivity contribution in [1.29, 1.82) is 0 Å². The van der Waals surface area contributed by atoms with Crippen LogP contribution in [-0.4, -0.2) is 42.3 Å². The van der Waals surface area contributed by atoms with Crippen LogP contribution in [0.1, 0.15) is 26.7 Å². The number of aliphatic hydroxyl groups is 1. The van der Waals surface area contributed by atoms with Gasteiger partial charge in [-0.05, 0) is 38.2 Å². The molecule has 0 aromatic carbocycles. The van der Waals surface area contributed by atoms with Gasteiger partial charge in [-0.1, -0.05) is 0 Å². The molecule has 0 atom stereocenters. The van der Waals surface area contributed by atoms with Crippen molar-refractivity contribution in [3.63, 3.8) is 0 Å². The number of nitrogen functional groups attached to an aromatic ring is 1. The van der Waals surface area contributed by atoms with E-state index in [1.807, 2.05) is 0 Å². The first-order valence-corrected chi connectivity index (χ1v) is 8.37. The Morgan fingerprint density at radius 3 is 2.58 bits per heavy atom. The van der Waals surface area contributed by atoms with Crippen LogP contribution >= 0.6 is 11.5 Å². The van der Waals surface area contributed by atoms with Crippen LogP contribution < -0.4 is 10.6 Å². The van der Waals surface area contributed by atoms with Crippen molar-refractivity contribution in [2.75, 3.05) is 24.2 Å². The third-order valence-electron chi connectivity index (χ3n) is 2.88. The van der Waals surface area contributed by atoms with E-state index in [4.69, 9.17) is 5.73 Å². The molecule has 1 aliphatic rings. The minimum atomic E-state index is -3.38. The van der Waals surface area contributed by atoms with Gasteiger partial charge in [0.25, 0.3) is 0 Å². The molecule has 19 heavy (non-hydrogen) atoms. The molecule has 1 aromatic rings. The Morgan fingerprint density at radius 1 is 1.53 bits per heavy atom. The summed E-state index contributed by atoms with van der Waals surface area (Å²) in [5.41, 5.74) is 4.80. The van der Waals surface area contributed by atoms with E-state index in [1.165, 1.54) is 0 Å². The van der Waals surface area contributed by atoms with Crippen molar-refractivity contribution in [2.45, 2.75) is 42.4 Å². The predicted molar refractivity (Wildman–Crippen MR) is 76.3 cm³/mol. The molecular weight excluding hydrogens is 286 g/mol. The second kappa shape index (κ2) is 4.60. The number of sulfone groups is 1. The molecule has 0 amide bonds. The maximum atomic E-state index is 12.4. The highest BCUT2D eigenvalue weighted by atomic mass is 32.2. The standard InChI is InChI=1S/C11H19N3O3S2/c1-11(2,15)6-14(3)10-8(9(12)13-18-10)19(16,17)7-4-5-7/h7,15H,4-6H2,1-3H3,(H2,12,13). The summed E-state index contributed by atoms with van der Waals surface area (Å²) < 4.78 is 28.7. The van der Waals surface area contributed by atoms with Gasteiger partial charge in [0.2, 0.25) is 0 Å². The topological polar surface area (TPSA) is 96.5 Å². The van der Waals surface area contributed by atoms with Crippen LogP contribution in [0.4, 0.5) is 10.8 Å². The van der Waals surface area contributed by atoms with Crippen LogP contribution in [0.15, 0.2) is 4.90 Å². The van der Waals surface area contributed by atoms with E-state index in [1.54, 1.807) is 25.8 Å². The summed E-state index contributed by atoms with van der Waals surface area (Å²) in [5, 5.41) is 10.0. The van der Waals surface area contributed by atoms with E-state index in [0.717, 1.165) is 11.5 Å². The normalized spacial score (nSPS) is 16.6. The van der Waals surface area contributed by atoms with E-state index < -0.39 is 15.4 Å². The van der Waals surface area contributed by atoms with Crippen LogP contribution in [0.25, 0.3) is 0 Å². The molecule has 8 heteroatoms. The Kier molecular flexibility index (Phi) is 3.53. The van der Waals surface area contributed by atoms with Crippen molar-refractivity contribution in [2.24, 2.45) is 0 Å². The van der Waals surface area contributed by atoms with Gasteiger partial charge >= 0.3 is 0 Å². The first kappa shape index (κ1) is 14.5. The van der Waals surface area contributed by atoms with E-state index in [2.05, 4.69) is 4.37 Å². The van der Waals surface area contributed by atoms with Crippen molar-refractivity contribution in [1.82, 2.24) is 4.37 Å². The number of hydrogen-bond acceptors (Lipinski definition) is 7. The van der Waals surface area contributed by atoms with E-state index >= 15 is 0 Å². The van der Waals surface area contributed by atoms with Crippen molar-refractivity contribution >= 4 is 32.2 Å². The molecule has 0 unspecified atom stereocenters. The monoisotopic (exact) mass is 305 g/mol. The molecule has 1 aromatic heterocycles. The zero-order valence-electron chi connectivity index (χ0n) is 11.3. The zero-order chi connectivity index (χ0) is 14.4. The number of hydrogen-bond donors (Lipinski definition) is 2. The van der Waals surface area contributed by atoms with Gasteiger partial charge in [-0.3, -0.25) is 0 Å². The lowest BCUT2D eigenvalue weighted by Crippen LogP contribution is -2.36. The lowest BCUT2D eigenvalue weighted by Gasteiger charge is -2.26. The number of anilines is 2. The van der Waals surface area contributed by atoms with Gasteiger partial charge in [0, 0.05) is 13.6 Å². The molecule has 1 saturated carbocycles. The highest BCUT2D eigenvalue weighted by molar-refractivity contribution is 7.92. The van der Waals surface area contributed by atoms with Crippen LogP contribution in [0.5, 0.6) is 0 Å². The first-order chi connectivity index (χ1) is 8.63. The molecule has 1 fully saturated rings. The Bertz CT molecular complexity index is 570. The highest BCUT2D eigenvalue weighted by Gasteiger charge is 2.41. The second-order valence-electron chi connectivity index (χ2n) is 5.61. The lowest BCUT2D eigenvalue weighted by molar-refractivity contribution is 0.0886. The fourth-order valence-electron chi connectivity index (χ4n) is 1.99. The molecule has 2 rings (SSSR count). The minimum Gasteiger partial charge on any atom is -0.389 e. The molecule has 1 aliphatic carbocycles. The third-order valence-corrected chi connectivity index (χ3v) is 6.30. The first-order valence-electron chi connectivity index (χ1n) is 6.05. The van der Waals surface area contributed by atoms with Crippen LogP contribution in [-0.2, 0) is 9.84 Å². The number of likely N-dealkylation sites (N-methyl/N-ethyl adjacent to an activating group) is 1. The summed E-state index contributed by atoms with van der Waals surface area (Å²) in [6, 6.07) is 0. The van der Waals surface area contributed by atoms with Crippen molar-refractivity contribution in [3.8, 4) is 0 Å². The number of aromatic nitrogens is 1. The van der Waals surface area contributed by atoms with Gasteiger partial charge in [0.05, 0.1) is 10.9 Å². The Morgan fingerprint density at radius 2 is 2.11 bits per heavy atom. The number of nitrogens with two attached hydrogens (primary N) is 1. The van der Waals surface area contributed by atoms with Crippen LogP contribution in [0.2, 0.25) is 0 Å². The maximum absolute atomic E-state index is 12.4. The van der Waals surface area contributed by atoms with Gasteiger partial charge < -0.3 is 15.7 Å². The summed E-state index contributed by atoms with van der Waals surface area (Å²) >= 11 is 1.06. The summed E-state index contributed by atoms with van der Waals surface area (Å²) in [6.07, 6.45) is 1.37. The average Bonchev–Trinajstić information content (AvgIpc) is 2.99. The van der Waals surface area contributed by atoms with E-state index in [0.29, 0.717) is 24.4 Å². The molecule has 6 nitrogen and oxygen atoms in total. The molecule has 1 heterocycles. The van der Waals surface area contributed by atoms with Crippen LogP contribution in [0.3, 0.4) is 0 Å². The molecule has 0 saturated heterocycles. The maximum Gasteiger partial charge on any atom is 0.187 e. The quantitative estimate of drug-likeness (QED) is 0.838.